The number of amides is 1. The molecule has 1 aromatic rings. The molecule has 26 heavy (non-hydrogen) atoms. The Balaban J connectivity index is 2.33. The highest BCUT2D eigenvalue weighted by Gasteiger charge is 2.24. The molecule has 0 heterocycles. The maximum atomic E-state index is 11.9. The van der Waals surface area contributed by atoms with Gasteiger partial charge in [0.25, 0.3) is 0 Å². The van der Waals surface area contributed by atoms with Crippen LogP contribution in [0.1, 0.15) is 37.6 Å². The van der Waals surface area contributed by atoms with Crippen molar-refractivity contribution in [2.24, 2.45) is 0 Å². The number of ketones is 1. The highest BCUT2D eigenvalue weighted by molar-refractivity contribution is 6.01. The molecule has 1 aromatic carbocycles. The Labute approximate surface area is 153 Å². The number of aliphatic hydroxyl groups is 1. The zero-order valence-electron chi connectivity index (χ0n) is 15.3. The van der Waals surface area contributed by atoms with Crippen molar-refractivity contribution in [3.05, 3.63) is 42.5 Å². The van der Waals surface area contributed by atoms with Gasteiger partial charge in [-0.15, -0.1) is 0 Å². The van der Waals surface area contributed by atoms with Crippen LogP contribution in [0.25, 0.3) is 0 Å². The van der Waals surface area contributed by atoms with Crippen LogP contribution in [0.5, 0.6) is 5.75 Å². The molecule has 0 aromatic heterocycles. The minimum atomic E-state index is -1.43. The fraction of sp³-hybridized carbons (Fsp3) is 0.421. The molecule has 0 fully saturated rings. The van der Waals surface area contributed by atoms with Gasteiger partial charge in [-0.2, -0.15) is 0 Å². The summed E-state index contributed by atoms with van der Waals surface area (Å²) in [6, 6.07) is 5.98. The Hall–Kier alpha value is -2.67. The molecule has 0 spiro atoms. The van der Waals surface area contributed by atoms with Crippen molar-refractivity contribution in [1.82, 2.24) is 5.32 Å². The molecule has 1 rings (SSSR count). The lowest BCUT2D eigenvalue weighted by Gasteiger charge is -2.15. The first-order chi connectivity index (χ1) is 12.1. The van der Waals surface area contributed by atoms with Crippen molar-refractivity contribution in [3.8, 4) is 5.75 Å². The number of benzene rings is 1. The van der Waals surface area contributed by atoms with E-state index in [1.165, 1.54) is 13.8 Å². The Kier molecular flexibility index (Phi) is 7.99. The molecule has 0 radical (unpaired) electrons. The Morgan fingerprint density at radius 1 is 1.23 bits per heavy atom. The van der Waals surface area contributed by atoms with E-state index in [0.29, 0.717) is 11.3 Å². The lowest BCUT2D eigenvalue weighted by molar-refractivity contribution is -0.144. The topological polar surface area (TPSA) is 102 Å². The summed E-state index contributed by atoms with van der Waals surface area (Å²) in [4.78, 5) is 34.6. The number of hydrogen-bond donors (Lipinski definition) is 2. The average Bonchev–Trinajstić information content (AvgIpc) is 2.57. The second-order valence-electron chi connectivity index (χ2n) is 6.30. The SMILES string of the molecule is C=CC(=O)NC(C)CC(=O)OCCOc1ccc(C(=O)C(C)(C)O)cc1. The molecule has 0 bridgehead atoms. The molecule has 0 aliphatic heterocycles. The smallest absolute Gasteiger partial charge is 0.307 e. The van der Waals surface area contributed by atoms with Gasteiger partial charge in [-0.25, -0.2) is 0 Å². The average molecular weight is 363 g/mol. The van der Waals surface area contributed by atoms with Gasteiger partial charge in [0.1, 0.15) is 24.6 Å². The van der Waals surface area contributed by atoms with Crippen LogP contribution in [0, 0.1) is 0 Å². The van der Waals surface area contributed by atoms with E-state index in [1.54, 1.807) is 31.2 Å². The zero-order chi connectivity index (χ0) is 19.7. The van der Waals surface area contributed by atoms with Crippen LogP contribution < -0.4 is 10.1 Å². The summed E-state index contributed by atoms with van der Waals surface area (Å²) in [7, 11) is 0. The van der Waals surface area contributed by atoms with Gasteiger partial charge in [-0.05, 0) is 51.1 Å². The van der Waals surface area contributed by atoms with Crippen LogP contribution in [0.4, 0.5) is 0 Å². The van der Waals surface area contributed by atoms with E-state index in [2.05, 4.69) is 11.9 Å². The van der Waals surface area contributed by atoms with Crippen LogP contribution in [0.15, 0.2) is 36.9 Å². The first-order valence-corrected chi connectivity index (χ1v) is 8.22. The Morgan fingerprint density at radius 3 is 2.38 bits per heavy atom. The van der Waals surface area contributed by atoms with E-state index in [0.717, 1.165) is 6.08 Å². The number of nitrogens with one attached hydrogen (secondary N) is 1. The molecule has 1 amide bonds. The van der Waals surface area contributed by atoms with Gasteiger partial charge in [-0.3, -0.25) is 14.4 Å². The van der Waals surface area contributed by atoms with Crippen molar-refractivity contribution in [2.75, 3.05) is 13.2 Å². The fourth-order valence-corrected chi connectivity index (χ4v) is 2.03. The predicted octanol–water partition coefficient (Wildman–Crippen LogP) is 1.64. The minimum absolute atomic E-state index is 0.0489. The second kappa shape index (κ2) is 9.72. The monoisotopic (exact) mass is 363 g/mol. The summed E-state index contributed by atoms with van der Waals surface area (Å²) >= 11 is 0. The molecule has 7 nitrogen and oxygen atoms in total. The Bertz CT molecular complexity index is 645. The highest BCUT2D eigenvalue weighted by atomic mass is 16.6. The third-order valence-electron chi connectivity index (χ3n) is 3.33. The summed E-state index contributed by atoms with van der Waals surface area (Å²) < 4.78 is 10.5. The van der Waals surface area contributed by atoms with E-state index in [9.17, 15) is 19.5 Å². The second-order valence-corrected chi connectivity index (χ2v) is 6.30. The molecule has 2 N–H and O–H groups in total. The van der Waals surface area contributed by atoms with Crippen LogP contribution in [0.2, 0.25) is 0 Å². The molecular weight excluding hydrogens is 338 g/mol. The maximum Gasteiger partial charge on any atom is 0.307 e. The number of carbonyl (C=O) groups excluding carboxylic acids is 3. The molecule has 0 saturated carbocycles. The molecule has 142 valence electrons. The zero-order valence-corrected chi connectivity index (χ0v) is 15.3. The van der Waals surface area contributed by atoms with Crippen molar-refractivity contribution in [3.63, 3.8) is 0 Å². The standard InChI is InChI=1S/C19H25NO6/c1-5-16(21)20-13(2)12-17(22)26-11-10-25-15-8-6-14(7-9-15)18(23)19(3,4)24/h5-9,13,24H,1,10-12H2,2-4H3,(H,20,21). The van der Waals surface area contributed by atoms with E-state index >= 15 is 0 Å². The largest absolute Gasteiger partial charge is 0.490 e. The van der Waals surface area contributed by atoms with Crippen LogP contribution in [-0.4, -0.2) is 47.6 Å². The summed E-state index contributed by atoms with van der Waals surface area (Å²) in [5.74, 6) is -0.660. The van der Waals surface area contributed by atoms with Gasteiger partial charge in [0.15, 0.2) is 5.78 Å². The quantitative estimate of drug-likeness (QED) is 0.284. The van der Waals surface area contributed by atoms with Crippen LogP contribution >= 0.6 is 0 Å². The van der Waals surface area contributed by atoms with Gasteiger partial charge in [0.2, 0.25) is 5.91 Å². The fourth-order valence-electron chi connectivity index (χ4n) is 2.03. The van der Waals surface area contributed by atoms with E-state index in [1.807, 2.05) is 0 Å². The highest BCUT2D eigenvalue weighted by Crippen LogP contribution is 2.17. The maximum absolute atomic E-state index is 11.9. The lowest BCUT2D eigenvalue weighted by Crippen LogP contribution is -2.33. The van der Waals surface area contributed by atoms with E-state index in [-0.39, 0.29) is 37.4 Å². The van der Waals surface area contributed by atoms with Gasteiger partial charge in [-0.1, -0.05) is 6.58 Å². The number of ether oxygens (including phenoxy) is 2. The van der Waals surface area contributed by atoms with Gasteiger partial charge in [0.05, 0.1) is 6.42 Å². The molecule has 0 saturated heterocycles. The first kappa shape index (κ1) is 21.4. The third kappa shape index (κ3) is 7.48. The normalized spacial score (nSPS) is 12.0. The van der Waals surface area contributed by atoms with Crippen molar-refractivity contribution in [1.29, 1.82) is 0 Å². The number of esters is 1. The summed E-state index contributed by atoms with van der Waals surface area (Å²) in [5, 5.41) is 12.3. The summed E-state index contributed by atoms with van der Waals surface area (Å²) in [6.45, 7) is 8.09. The van der Waals surface area contributed by atoms with E-state index < -0.39 is 11.6 Å². The Morgan fingerprint density at radius 2 is 1.85 bits per heavy atom. The molecule has 1 unspecified atom stereocenters. The summed E-state index contributed by atoms with van der Waals surface area (Å²) in [5.41, 5.74) is -1.05. The van der Waals surface area contributed by atoms with Crippen LogP contribution in [0.3, 0.4) is 0 Å². The molecule has 7 heteroatoms. The van der Waals surface area contributed by atoms with Gasteiger partial charge < -0.3 is 19.9 Å². The molecule has 1 atom stereocenters. The summed E-state index contributed by atoms with van der Waals surface area (Å²) in [6.07, 6.45) is 1.18. The van der Waals surface area contributed by atoms with Crippen molar-refractivity contribution in [2.45, 2.75) is 38.8 Å². The lowest BCUT2D eigenvalue weighted by atomic mass is 9.97. The molecule has 0 aliphatic rings. The van der Waals surface area contributed by atoms with E-state index in [4.69, 9.17) is 9.47 Å². The van der Waals surface area contributed by atoms with Crippen molar-refractivity contribution < 1.29 is 29.0 Å². The minimum Gasteiger partial charge on any atom is -0.490 e. The number of hydrogen-bond acceptors (Lipinski definition) is 6. The third-order valence-corrected chi connectivity index (χ3v) is 3.33. The predicted molar refractivity (Wildman–Crippen MR) is 95.9 cm³/mol. The van der Waals surface area contributed by atoms with Crippen LogP contribution in [-0.2, 0) is 14.3 Å². The molecule has 0 aliphatic carbocycles. The molecular formula is C19H25NO6. The number of Topliss-reactive ketones (excluding diaryl/α,β-unsaturated/α-hetero) is 1. The first-order valence-electron chi connectivity index (χ1n) is 8.22. The number of rotatable bonds is 10. The van der Waals surface area contributed by atoms with Gasteiger partial charge >= 0.3 is 5.97 Å². The van der Waals surface area contributed by atoms with Gasteiger partial charge in [0, 0.05) is 11.6 Å². The van der Waals surface area contributed by atoms with Crippen molar-refractivity contribution >= 4 is 17.7 Å². The number of carbonyl (C=O) groups is 3.